The third kappa shape index (κ3) is 2.34. The number of hydrogen-bond acceptors (Lipinski definition) is 5. The highest BCUT2D eigenvalue weighted by Crippen LogP contribution is 2.28. The van der Waals surface area contributed by atoms with Gasteiger partial charge in [0.15, 0.2) is 11.6 Å². The maximum Gasteiger partial charge on any atom is 0.290 e. The summed E-state index contributed by atoms with van der Waals surface area (Å²) >= 11 is 0. The molecule has 3 aromatic rings. The molecule has 0 saturated carbocycles. The summed E-state index contributed by atoms with van der Waals surface area (Å²) in [5.41, 5.74) is 1.65. The minimum atomic E-state index is -0.0755. The van der Waals surface area contributed by atoms with Crippen LogP contribution in [0.25, 0.3) is 11.0 Å². The fourth-order valence-corrected chi connectivity index (χ4v) is 4.04. The number of para-hydroxylation sites is 1. The summed E-state index contributed by atoms with van der Waals surface area (Å²) in [6.45, 7) is 4.80. The van der Waals surface area contributed by atoms with Crippen molar-refractivity contribution < 1.29 is 9.21 Å². The third-order valence-electron chi connectivity index (χ3n) is 5.48. The highest BCUT2D eigenvalue weighted by Gasteiger charge is 2.31. The van der Waals surface area contributed by atoms with Crippen molar-refractivity contribution in [3.8, 4) is 0 Å². The number of benzene rings is 1. The summed E-state index contributed by atoms with van der Waals surface area (Å²) < 4.78 is 8.01. The maximum absolute atomic E-state index is 13.0. The van der Waals surface area contributed by atoms with Crippen molar-refractivity contribution in [1.29, 1.82) is 0 Å². The normalized spacial score (nSPS) is 19.9. The first kappa shape index (κ1) is 15.6. The van der Waals surface area contributed by atoms with Gasteiger partial charge in [-0.2, -0.15) is 0 Å². The Balaban J connectivity index is 1.42. The molecule has 26 heavy (non-hydrogen) atoms. The zero-order valence-corrected chi connectivity index (χ0v) is 14.7. The van der Waals surface area contributed by atoms with E-state index in [1.54, 1.807) is 4.90 Å². The van der Waals surface area contributed by atoms with E-state index in [4.69, 9.17) is 4.42 Å². The number of nitrogens with one attached hydrogen (secondary N) is 1. The Morgan fingerprint density at radius 2 is 2.15 bits per heavy atom. The predicted octanol–water partition coefficient (Wildman–Crippen LogP) is 2.41. The van der Waals surface area contributed by atoms with Crippen LogP contribution in [0.1, 0.15) is 46.7 Å². The van der Waals surface area contributed by atoms with Crippen LogP contribution in [0.15, 0.2) is 28.7 Å². The van der Waals surface area contributed by atoms with Gasteiger partial charge in [-0.1, -0.05) is 18.2 Å². The molecule has 2 aliphatic heterocycles. The Morgan fingerprint density at radius 3 is 2.96 bits per heavy atom. The zero-order valence-electron chi connectivity index (χ0n) is 14.7. The lowest BCUT2D eigenvalue weighted by molar-refractivity contribution is 0.0675. The van der Waals surface area contributed by atoms with Gasteiger partial charge in [-0.3, -0.25) is 4.79 Å². The Bertz CT molecular complexity index is 983. The molecular formula is C19H21N5O2. The summed E-state index contributed by atoms with van der Waals surface area (Å²) in [6.07, 6.45) is 2.27. The Hall–Kier alpha value is -2.67. The molecule has 0 spiro atoms. The summed E-state index contributed by atoms with van der Waals surface area (Å²) in [6, 6.07) is 8.05. The molecule has 0 unspecified atom stereocenters. The molecule has 4 heterocycles. The van der Waals surface area contributed by atoms with Crippen LogP contribution in [0.5, 0.6) is 0 Å². The van der Waals surface area contributed by atoms with Crippen LogP contribution in [-0.2, 0) is 13.1 Å². The number of aromatic nitrogens is 3. The predicted molar refractivity (Wildman–Crippen MR) is 95.7 cm³/mol. The van der Waals surface area contributed by atoms with Crippen LogP contribution in [-0.4, -0.2) is 38.7 Å². The van der Waals surface area contributed by atoms with Gasteiger partial charge in [-0.15, -0.1) is 10.2 Å². The van der Waals surface area contributed by atoms with Gasteiger partial charge in [0.25, 0.3) is 5.91 Å². The van der Waals surface area contributed by atoms with Crippen molar-refractivity contribution in [1.82, 2.24) is 25.0 Å². The van der Waals surface area contributed by atoms with Crippen molar-refractivity contribution >= 4 is 16.9 Å². The molecule has 1 atom stereocenters. The third-order valence-corrected chi connectivity index (χ3v) is 5.48. The van der Waals surface area contributed by atoms with E-state index in [0.717, 1.165) is 47.7 Å². The molecule has 5 rings (SSSR count). The molecule has 2 aromatic heterocycles. The fraction of sp³-hybridized carbons (Fsp3) is 0.421. The molecule has 2 aliphatic rings. The smallest absolute Gasteiger partial charge is 0.290 e. The Morgan fingerprint density at radius 1 is 1.27 bits per heavy atom. The monoisotopic (exact) mass is 351 g/mol. The number of amides is 1. The molecule has 134 valence electrons. The number of rotatable bonds is 2. The van der Waals surface area contributed by atoms with Crippen LogP contribution in [0, 0.1) is 6.92 Å². The van der Waals surface area contributed by atoms with E-state index in [9.17, 15) is 4.79 Å². The van der Waals surface area contributed by atoms with Crippen molar-refractivity contribution in [3.05, 3.63) is 47.2 Å². The summed E-state index contributed by atoms with van der Waals surface area (Å²) in [5.74, 6) is 2.21. The van der Waals surface area contributed by atoms with Gasteiger partial charge in [-0.05, 0) is 32.4 Å². The average Bonchev–Trinajstić information content (AvgIpc) is 3.39. The highest BCUT2D eigenvalue weighted by atomic mass is 16.3. The molecular weight excluding hydrogens is 330 g/mol. The highest BCUT2D eigenvalue weighted by molar-refractivity contribution is 5.98. The van der Waals surface area contributed by atoms with Crippen molar-refractivity contribution in [2.45, 2.75) is 38.9 Å². The SMILES string of the molecule is Cc1c(C(=O)N2CCn3c(nnc3[C@H]3CCCN3)C2)oc2ccccc12. The number of furan rings is 1. The van der Waals surface area contributed by atoms with Crippen LogP contribution < -0.4 is 5.32 Å². The van der Waals surface area contributed by atoms with Gasteiger partial charge in [0.2, 0.25) is 0 Å². The molecule has 0 radical (unpaired) electrons. The van der Waals surface area contributed by atoms with E-state index in [2.05, 4.69) is 20.1 Å². The van der Waals surface area contributed by atoms with Crippen LogP contribution in [0.4, 0.5) is 0 Å². The first-order valence-corrected chi connectivity index (χ1v) is 9.15. The van der Waals surface area contributed by atoms with Crippen molar-refractivity contribution in [2.75, 3.05) is 13.1 Å². The Kier molecular flexibility index (Phi) is 3.56. The number of hydrogen-bond donors (Lipinski definition) is 1. The quantitative estimate of drug-likeness (QED) is 0.767. The lowest BCUT2D eigenvalue weighted by Gasteiger charge is -2.28. The van der Waals surface area contributed by atoms with Crippen molar-refractivity contribution in [3.63, 3.8) is 0 Å². The maximum atomic E-state index is 13.0. The lowest BCUT2D eigenvalue weighted by Crippen LogP contribution is -2.39. The van der Waals surface area contributed by atoms with E-state index in [1.807, 2.05) is 31.2 Å². The molecule has 7 nitrogen and oxygen atoms in total. The molecule has 1 fully saturated rings. The Labute approximate surface area is 151 Å². The number of fused-ring (bicyclic) bond motifs is 2. The first-order chi connectivity index (χ1) is 12.7. The number of aryl methyl sites for hydroxylation is 1. The molecule has 1 N–H and O–H groups in total. The van der Waals surface area contributed by atoms with Gasteiger partial charge in [0.1, 0.15) is 11.4 Å². The minimum Gasteiger partial charge on any atom is -0.451 e. The topological polar surface area (TPSA) is 76.2 Å². The molecule has 1 saturated heterocycles. The molecule has 1 aromatic carbocycles. The number of nitrogens with zero attached hydrogens (tertiary/aromatic N) is 4. The summed E-state index contributed by atoms with van der Waals surface area (Å²) in [4.78, 5) is 14.8. The van der Waals surface area contributed by atoms with Gasteiger partial charge in [0.05, 0.1) is 12.6 Å². The van der Waals surface area contributed by atoms with Crippen LogP contribution in [0.3, 0.4) is 0 Å². The molecule has 1 amide bonds. The van der Waals surface area contributed by atoms with E-state index < -0.39 is 0 Å². The second-order valence-corrected chi connectivity index (χ2v) is 7.05. The van der Waals surface area contributed by atoms with Gasteiger partial charge >= 0.3 is 0 Å². The van der Waals surface area contributed by atoms with E-state index in [1.165, 1.54) is 6.42 Å². The van der Waals surface area contributed by atoms with Gasteiger partial charge in [0, 0.05) is 24.0 Å². The molecule has 0 bridgehead atoms. The minimum absolute atomic E-state index is 0.0755. The second-order valence-electron chi connectivity index (χ2n) is 7.05. The summed E-state index contributed by atoms with van der Waals surface area (Å²) in [5, 5.41) is 13.2. The molecule has 7 heteroatoms. The largest absolute Gasteiger partial charge is 0.451 e. The fourth-order valence-electron chi connectivity index (χ4n) is 4.04. The van der Waals surface area contributed by atoms with E-state index in [0.29, 0.717) is 18.8 Å². The zero-order chi connectivity index (χ0) is 17.7. The van der Waals surface area contributed by atoms with Gasteiger partial charge in [-0.25, -0.2) is 0 Å². The van der Waals surface area contributed by atoms with Crippen LogP contribution in [0.2, 0.25) is 0 Å². The van der Waals surface area contributed by atoms with E-state index in [-0.39, 0.29) is 11.9 Å². The first-order valence-electron chi connectivity index (χ1n) is 9.15. The second kappa shape index (κ2) is 5.95. The standard InChI is InChI=1S/C19H21N5O2/c1-12-13-5-2-3-7-15(13)26-17(12)19(25)23-9-10-24-16(11-23)21-22-18(24)14-6-4-8-20-14/h2-3,5,7,14,20H,4,6,8-11H2,1H3/t14-/m1/s1. The average molecular weight is 351 g/mol. The van der Waals surface area contributed by atoms with Gasteiger partial charge < -0.3 is 19.2 Å². The van der Waals surface area contributed by atoms with E-state index >= 15 is 0 Å². The van der Waals surface area contributed by atoms with Crippen molar-refractivity contribution in [2.24, 2.45) is 0 Å². The summed E-state index contributed by atoms with van der Waals surface area (Å²) in [7, 11) is 0. The van der Waals surface area contributed by atoms with Crippen LogP contribution >= 0.6 is 0 Å². The number of carbonyl (C=O) groups excluding carboxylic acids is 1. The number of carbonyl (C=O) groups is 1. The molecule has 0 aliphatic carbocycles. The lowest BCUT2D eigenvalue weighted by atomic mass is 10.1.